The number of rotatable bonds is 9. The van der Waals surface area contributed by atoms with Crippen LogP contribution in [0, 0.1) is 0 Å². The zero-order chi connectivity index (χ0) is 14.8. The van der Waals surface area contributed by atoms with Gasteiger partial charge in [-0.25, -0.2) is 0 Å². The molecule has 0 saturated carbocycles. The Morgan fingerprint density at radius 3 is 2.81 bits per heavy atom. The lowest BCUT2D eigenvalue weighted by atomic mass is 10.2. The molecule has 4 heteroatoms. The van der Waals surface area contributed by atoms with Crippen LogP contribution in [0.4, 0.5) is 0 Å². The molecule has 1 unspecified atom stereocenters. The standard InChI is InChI=1S/C17H26O4/c1-15(21-14-16-7-3-2-4-8-16)13-18-11-12-20-17-9-5-6-10-19-17/h2-4,7-8,15,17H,5-6,9-14H2,1H3/t15-,17?/m0/s1. The minimum absolute atomic E-state index is 0.0332. The van der Waals surface area contributed by atoms with Crippen LogP contribution >= 0.6 is 0 Å². The van der Waals surface area contributed by atoms with Gasteiger partial charge in [0.25, 0.3) is 0 Å². The van der Waals surface area contributed by atoms with Crippen molar-refractivity contribution in [2.24, 2.45) is 0 Å². The predicted molar refractivity (Wildman–Crippen MR) is 81.1 cm³/mol. The summed E-state index contributed by atoms with van der Waals surface area (Å²) in [5.74, 6) is 0. The Morgan fingerprint density at radius 1 is 1.19 bits per heavy atom. The summed E-state index contributed by atoms with van der Waals surface area (Å²) in [5, 5.41) is 0. The third-order valence-electron chi connectivity index (χ3n) is 3.40. The molecule has 2 rings (SSSR count). The number of hydrogen-bond acceptors (Lipinski definition) is 4. The van der Waals surface area contributed by atoms with Crippen molar-refractivity contribution >= 4 is 0 Å². The van der Waals surface area contributed by atoms with Gasteiger partial charge in [0.2, 0.25) is 0 Å². The topological polar surface area (TPSA) is 36.9 Å². The Balaban J connectivity index is 1.46. The van der Waals surface area contributed by atoms with Crippen LogP contribution in [0.2, 0.25) is 0 Å². The van der Waals surface area contributed by atoms with Gasteiger partial charge in [0, 0.05) is 6.61 Å². The van der Waals surface area contributed by atoms with Gasteiger partial charge in [-0.1, -0.05) is 30.3 Å². The third-order valence-corrected chi connectivity index (χ3v) is 3.40. The first-order valence-electron chi connectivity index (χ1n) is 7.81. The zero-order valence-corrected chi connectivity index (χ0v) is 12.8. The molecule has 0 aromatic heterocycles. The molecule has 4 nitrogen and oxygen atoms in total. The van der Waals surface area contributed by atoms with Crippen LogP contribution in [-0.2, 0) is 25.6 Å². The van der Waals surface area contributed by atoms with E-state index in [0.717, 1.165) is 19.4 Å². The summed E-state index contributed by atoms with van der Waals surface area (Å²) >= 11 is 0. The van der Waals surface area contributed by atoms with E-state index < -0.39 is 0 Å². The fourth-order valence-electron chi connectivity index (χ4n) is 2.19. The third kappa shape index (κ3) is 7.05. The molecule has 1 heterocycles. The van der Waals surface area contributed by atoms with Crippen LogP contribution in [-0.4, -0.2) is 38.8 Å². The second kappa shape index (κ2) is 9.90. The monoisotopic (exact) mass is 294 g/mol. The quantitative estimate of drug-likeness (QED) is 0.656. The summed E-state index contributed by atoms with van der Waals surface area (Å²) in [4.78, 5) is 0. The summed E-state index contributed by atoms with van der Waals surface area (Å²) < 4.78 is 22.4. The Morgan fingerprint density at radius 2 is 2.05 bits per heavy atom. The van der Waals surface area contributed by atoms with Gasteiger partial charge >= 0.3 is 0 Å². The molecule has 1 aliphatic heterocycles. The van der Waals surface area contributed by atoms with Crippen molar-refractivity contribution in [3.05, 3.63) is 35.9 Å². The molecule has 0 spiro atoms. The van der Waals surface area contributed by atoms with E-state index in [1.807, 2.05) is 25.1 Å². The van der Waals surface area contributed by atoms with Gasteiger partial charge < -0.3 is 18.9 Å². The normalized spacial score (nSPS) is 20.3. The van der Waals surface area contributed by atoms with Crippen LogP contribution in [0.3, 0.4) is 0 Å². The van der Waals surface area contributed by atoms with Gasteiger partial charge in [-0.15, -0.1) is 0 Å². The van der Waals surface area contributed by atoms with E-state index in [1.165, 1.54) is 12.0 Å². The lowest BCUT2D eigenvalue weighted by Crippen LogP contribution is -2.24. The van der Waals surface area contributed by atoms with E-state index in [0.29, 0.717) is 26.4 Å². The van der Waals surface area contributed by atoms with E-state index in [2.05, 4.69) is 12.1 Å². The molecule has 1 fully saturated rings. The van der Waals surface area contributed by atoms with Gasteiger partial charge in [0.1, 0.15) is 0 Å². The molecule has 1 aliphatic rings. The molecule has 0 N–H and O–H groups in total. The number of ether oxygens (including phenoxy) is 4. The molecule has 0 bridgehead atoms. The molecule has 0 aliphatic carbocycles. The van der Waals surface area contributed by atoms with E-state index in [-0.39, 0.29) is 12.4 Å². The SMILES string of the molecule is C[C@@H](COCCOC1CCCCO1)OCc1ccccc1. The highest BCUT2D eigenvalue weighted by Gasteiger charge is 2.13. The fraction of sp³-hybridized carbons (Fsp3) is 0.647. The van der Waals surface area contributed by atoms with Crippen molar-refractivity contribution in [1.82, 2.24) is 0 Å². The average molecular weight is 294 g/mol. The summed E-state index contributed by atoms with van der Waals surface area (Å²) in [6.07, 6.45) is 3.38. The molecular weight excluding hydrogens is 268 g/mol. The van der Waals surface area contributed by atoms with Crippen LogP contribution in [0.15, 0.2) is 30.3 Å². The lowest BCUT2D eigenvalue weighted by molar-refractivity contribution is -0.170. The van der Waals surface area contributed by atoms with Crippen molar-refractivity contribution in [2.75, 3.05) is 26.4 Å². The summed E-state index contributed by atoms with van der Waals surface area (Å²) in [6, 6.07) is 10.2. The fourth-order valence-corrected chi connectivity index (χ4v) is 2.19. The number of hydrogen-bond donors (Lipinski definition) is 0. The highest BCUT2D eigenvalue weighted by Crippen LogP contribution is 2.13. The van der Waals surface area contributed by atoms with Gasteiger partial charge in [-0.05, 0) is 31.7 Å². The van der Waals surface area contributed by atoms with E-state index in [1.54, 1.807) is 0 Å². The second-order valence-corrected chi connectivity index (χ2v) is 5.35. The maximum atomic E-state index is 5.73. The smallest absolute Gasteiger partial charge is 0.157 e. The zero-order valence-electron chi connectivity index (χ0n) is 12.8. The minimum atomic E-state index is -0.0332. The largest absolute Gasteiger partial charge is 0.376 e. The molecule has 1 saturated heterocycles. The van der Waals surface area contributed by atoms with E-state index in [4.69, 9.17) is 18.9 Å². The Kier molecular flexibility index (Phi) is 7.75. The Hall–Kier alpha value is -0.940. The number of benzene rings is 1. The molecule has 1 aromatic carbocycles. The van der Waals surface area contributed by atoms with E-state index >= 15 is 0 Å². The van der Waals surface area contributed by atoms with Crippen molar-refractivity contribution in [3.8, 4) is 0 Å². The van der Waals surface area contributed by atoms with Crippen molar-refractivity contribution in [1.29, 1.82) is 0 Å². The van der Waals surface area contributed by atoms with Gasteiger partial charge in [0.05, 0.1) is 32.5 Å². The Labute approximate surface area is 127 Å². The summed E-state index contributed by atoms with van der Waals surface area (Å²) in [5.41, 5.74) is 1.18. The molecule has 2 atom stereocenters. The molecule has 118 valence electrons. The minimum Gasteiger partial charge on any atom is -0.376 e. The molecule has 1 aromatic rings. The maximum absolute atomic E-state index is 5.73. The summed E-state index contributed by atoms with van der Waals surface area (Å²) in [6.45, 7) is 5.21. The van der Waals surface area contributed by atoms with Gasteiger partial charge in [0.15, 0.2) is 6.29 Å². The highest BCUT2D eigenvalue weighted by molar-refractivity contribution is 5.13. The molecule has 0 radical (unpaired) electrons. The second-order valence-electron chi connectivity index (χ2n) is 5.35. The van der Waals surface area contributed by atoms with Crippen LogP contribution in [0.5, 0.6) is 0 Å². The lowest BCUT2D eigenvalue weighted by Gasteiger charge is -2.22. The first kappa shape index (κ1) is 16.4. The molecular formula is C17H26O4. The van der Waals surface area contributed by atoms with E-state index in [9.17, 15) is 0 Å². The molecule has 21 heavy (non-hydrogen) atoms. The van der Waals surface area contributed by atoms with Crippen LogP contribution < -0.4 is 0 Å². The van der Waals surface area contributed by atoms with Gasteiger partial charge in [-0.3, -0.25) is 0 Å². The van der Waals surface area contributed by atoms with Gasteiger partial charge in [-0.2, -0.15) is 0 Å². The average Bonchev–Trinajstić information content (AvgIpc) is 2.54. The maximum Gasteiger partial charge on any atom is 0.157 e. The Bertz CT molecular complexity index is 362. The van der Waals surface area contributed by atoms with Crippen molar-refractivity contribution in [3.63, 3.8) is 0 Å². The first-order valence-corrected chi connectivity index (χ1v) is 7.81. The molecule has 0 amide bonds. The first-order chi connectivity index (χ1) is 10.3. The predicted octanol–water partition coefficient (Wildman–Crippen LogP) is 3.15. The van der Waals surface area contributed by atoms with Crippen molar-refractivity contribution < 1.29 is 18.9 Å². The highest BCUT2D eigenvalue weighted by atomic mass is 16.7. The van der Waals surface area contributed by atoms with Crippen molar-refractivity contribution in [2.45, 2.75) is 45.2 Å². The van der Waals surface area contributed by atoms with Crippen LogP contribution in [0.25, 0.3) is 0 Å². The summed E-state index contributed by atoms with van der Waals surface area (Å²) in [7, 11) is 0. The van der Waals surface area contributed by atoms with Crippen LogP contribution in [0.1, 0.15) is 31.7 Å².